The Morgan fingerprint density at radius 3 is 2.80 bits per heavy atom. The van der Waals surface area contributed by atoms with Crippen molar-refractivity contribution < 1.29 is 9.59 Å². The highest BCUT2D eigenvalue weighted by Gasteiger charge is 2.77. The van der Waals surface area contributed by atoms with Crippen molar-refractivity contribution in [3.8, 4) is 0 Å². The van der Waals surface area contributed by atoms with E-state index in [2.05, 4.69) is 46.4 Å². The number of allylic oxidation sites excluding steroid dienone is 4. The van der Waals surface area contributed by atoms with Gasteiger partial charge in [-0.3, -0.25) is 14.6 Å². The number of ketones is 2. The maximum Gasteiger partial charge on any atom is 0.183 e. The number of fused-ring (bicyclic) bond motifs is 3. The van der Waals surface area contributed by atoms with Crippen LogP contribution in [0, 0.1) is 23.2 Å². The minimum absolute atomic E-state index is 0.119. The highest BCUT2D eigenvalue weighted by atomic mass is 16.1. The number of rotatable bonds is 2. The van der Waals surface area contributed by atoms with Gasteiger partial charge in [-0.05, 0) is 41.3 Å². The Morgan fingerprint density at radius 2 is 1.93 bits per heavy atom. The molecule has 4 nitrogen and oxygen atoms in total. The van der Waals surface area contributed by atoms with Crippen LogP contribution in [0.1, 0.15) is 23.3 Å². The number of aromatic nitrogens is 1. The van der Waals surface area contributed by atoms with E-state index in [9.17, 15) is 9.59 Å². The first kappa shape index (κ1) is 16.5. The Morgan fingerprint density at radius 1 is 1.10 bits per heavy atom. The zero-order valence-corrected chi connectivity index (χ0v) is 16.4. The predicted molar refractivity (Wildman–Crippen MR) is 117 cm³/mol. The number of carbonyl (C=O) groups is 2. The quantitative estimate of drug-likeness (QED) is 0.645. The van der Waals surface area contributed by atoms with Gasteiger partial charge in [-0.15, -0.1) is 0 Å². The summed E-state index contributed by atoms with van der Waals surface area (Å²) < 4.78 is 0. The van der Waals surface area contributed by atoms with Crippen LogP contribution in [-0.4, -0.2) is 28.8 Å². The van der Waals surface area contributed by atoms with E-state index < -0.39 is 0 Å². The maximum atomic E-state index is 13.7. The highest BCUT2D eigenvalue weighted by Crippen LogP contribution is 2.72. The minimum atomic E-state index is -0.370. The summed E-state index contributed by atoms with van der Waals surface area (Å²) in [7, 11) is 0. The fourth-order valence-corrected chi connectivity index (χ4v) is 6.51. The second-order valence-corrected chi connectivity index (χ2v) is 9.10. The Labute approximate surface area is 173 Å². The lowest BCUT2D eigenvalue weighted by atomic mass is 9.66. The van der Waals surface area contributed by atoms with Gasteiger partial charge >= 0.3 is 0 Å². The van der Waals surface area contributed by atoms with Crippen LogP contribution in [0.25, 0.3) is 21.7 Å². The number of hydrogen-bond donors (Lipinski definition) is 1. The third kappa shape index (κ3) is 1.89. The number of Topliss-reactive ketones (excluding diaryl/α,β-unsaturated/α-hetero) is 2. The summed E-state index contributed by atoms with van der Waals surface area (Å²) in [5.41, 5.74) is 3.15. The van der Waals surface area contributed by atoms with Gasteiger partial charge in [0.15, 0.2) is 11.6 Å². The van der Waals surface area contributed by atoms with Crippen LogP contribution >= 0.6 is 0 Å². The number of nitrogens with one attached hydrogen (secondary N) is 1. The summed E-state index contributed by atoms with van der Waals surface area (Å²) in [4.78, 5) is 34.5. The van der Waals surface area contributed by atoms with Gasteiger partial charge < -0.3 is 4.98 Å². The molecule has 146 valence electrons. The summed E-state index contributed by atoms with van der Waals surface area (Å²) in [6.07, 6.45) is 7.66. The largest absolute Gasteiger partial charge is 0.352 e. The molecule has 1 aliphatic heterocycles. The molecular weight excluding hydrogens is 372 g/mol. The fraction of sp³-hybridized carbons (Fsp3) is 0.269. The summed E-state index contributed by atoms with van der Waals surface area (Å²) in [6, 6.07) is 14.5. The molecule has 4 heteroatoms. The Balaban J connectivity index is 1.32. The molecule has 0 radical (unpaired) electrons. The molecular formula is C26H20N2O2. The Bertz CT molecular complexity index is 1340. The van der Waals surface area contributed by atoms with Crippen molar-refractivity contribution in [2.45, 2.75) is 12.8 Å². The van der Waals surface area contributed by atoms with Gasteiger partial charge in [0.25, 0.3) is 0 Å². The molecule has 4 aliphatic rings. The van der Waals surface area contributed by atoms with E-state index in [4.69, 9.17) is 0 Å². The lowest BCUT2D eigenvalue weighted by Crippen LogP contribution is -2.41. The molecule has 7 rings (SSSR count). The molecule has 0 amide bonds. The number of aromatic amines is 1. The van der Waals surface area contributed by atoms with Crippen LogP contribution in [0.5, 0.6) is 0 Å². The molecule has 1 spiro atoms. The van der Waals surface area contributed by atoms with Gasteiger partial charge in [0, 0.05) is 41.1 Å². The van der Waals surface area contributed by atoms with Crippen LogP contribution in [0.3, 0.4) is 0 Å². The van der Waals surface area contributed by atoms with Crippen LogP contribution < -0.4 is 0 Å². The lowest BCUT2D eigenvalue weighted by Gasteiger charge is -2.35. The zero-order chi connectivity index (χ0) is 20.0. The molecule has 4 unspecified atom stereocenters. The van der Waals surface area contributed by atoms with Gasteiger partial charge in [-0.25, -0.2) is 0 Å². The average molecular weight is 392 g/mol. The van der Waals surface area contributed by atoms with E-state index in [0.29, 0.717) is 24.4 Å². The molecule has 0 bridgehead atoms. The first-order chi connectivity index (χ1) is 14.7. The average Bonchev–Trinajstić information content (AvgIpc) is 3.05. The molecule has 3 aliphatic carbocycles. The van der Waals surface area contributed by atoms with Gasteiger partial charge in [0.2, 0.25) is 0 Å². The maximum absolute atomic E-state index is 13.7. The first-order valence-electron chi connectivity index (χ1n) is 10.7. The topological polar surface area (TPSA) is 62.3 Å². The normalized spacial score (nSPS) is 31.2. The van der Waals surface area contributed by atoms with E-state index in [1.165, 1.54) is 11.0 Å². The zero-order valence-electron chi connectivity index (χ0n) is 16.4. The molecule has 2 saturated carbocycles. The van der Waals surface area contributed by atoms with Crippen molar-refractivity contribution in [3.05, 3.63) is 72.0 Å². The van der Waals surface area contributed by atoms with E-state index in [0.717, 1.165) is 22.7 Å². The Hall–Kier alpha value is -3.27. The SMILES string of the molecule is O=C1CC2=CC=CCC2C23C1=NCC2C3C(=O)c1cc2cc3ccccc3cc2[nH]1. The van der Waals surface area contributed by atoms with E-state index in [1.807, 2.05) is 24.3 Å². The van der Waals surface area contributed by atoms with E-state index >= 15 is 0 Å². The van der Waals surface area contributed by atoms with Gasteiger partial charge in [-0.1, -0.05) is 48.1 Å². The molecule has 1 aromatic heterocycles. The number of H-pyrrole nitrogens is 1. The molecule has 2 aromatic carbocycles. The standard InChI is InChI=1S/C26H20N2O2/c29-22-12-16-7-3-4-8-18(16)26-19(13-27-25(22)26)23(26)24(30)21-11-17-9-14-5-1-2-6-15(14)10-20(17)28-21/h1-7,9-11,18-19,23,28H,8,12-13H2. The molecule has 1 N–H and O–H groups in total. The molecule has 4 atom stereocenters. The van der Waals surface area contributed by atoms with E-state index in [1.54, 1.807) is 0 Å². The van der Waals surface area contributed by atoms with Crippen molar-refractivity contribution in [1.82, 2.24) is 4.98 Å². The van der Waals surface area contributed by atoms with Gasteiger partial charge in [-0.2, -0.15) is 0 Å². The van der Waals surface area contributed by atoms with Crippen molar-refractivity contribution in [2.24, 2.45) is 28.2 Å². The molecule has 3 aromatic rings. The van der Waals surface area contributed by atoms with Crippen LogP contribution in [0.15, 0.2) is 71.3 Å². The summed E-state index contributed by atoms with van der Waals surface area (Å²) in [6.45, 7) is 0.606. The third-order valence-corrected chi connectivity index (χ3v) is 7.78. The highest BCUT2D eigenvalue weighted by molar-refractivity contribution is 6.45. The van der Waals surface area contributed by atoms with Crippen LogP contribution in [0.2, 0.25) is 0 Å². The number of benzene rings is 2. The summed E-state index contributed by atoms with van der Waals surface area (Å²) >= 11 is 0. The summed E-state index contributed by atoms with van der Waals surface area (Å²) in [5, 5.41) is 3.37. The number of nitrogens with zero attached hydrogens (tertiary/aromatic N) is 1. The van der Waals surface area contributed by atoms with Crippen molar-refractivity contribution in [2.75, 3.05) is 6.54 Å². The van der Waals surface area contributed by atoms with Gasteiger partial charge in [0.1, 0.15) is 0 Å². The predicted octanol–water partition coefficient (Wildman–Crippen LogP) is 4.67. The second kappa shape index (κ2) is 5.45. The van der Waals surface area contributed by atoms with Gasteiger partial charge in [0.05, 0.1) is 11.4 Å². The van der Waals surface area contributed by atoms with E-state index in [-0.39, 0.29) is 34.7 Å². The number of aliphatic imine (C=N–C) groups is 1. The lowest BCUT2D eigenvalue weighted by molar-refractivity contribution is -0.113. The Kier molecular flexibility index (Phi) is 3.00. The monoisotopic (exact) mass is 392 g/mol. The minimum Gasteiger partial charge on any atom is -0.352 e. The molecule has 2 heterocycles. The van der Waals surface area contributed by atoms with Crippen molar-refractivity contribution in [3.63, 3.8) is 0 Å². The smallest absolute Gasteiger partial charge is 0.183 e. The molecule has 2 fully saturated rings. The second-order valence-electron chi connectivity index (χ2n) is 9.10. The third-order valence-electron chi connectivity index (χ3n) is 7.78. The molecule has 30 heavy (non-hydrogen) atoms. The van der Waals surface area contributed by atoms with Crippen molar-refractivity contribution in [1.29, 1.82) is 0 Å². The number of carbonyl (C=O) groups excluding carboxylic acids is 2. The summed E-state index contributed by atoms with van der Waals surface area (Å²) in [5.74, 6) is 0.517. The van der Waals surface area contributed by atoms with Crippen LogP contribution in [0.4, 0.5) is 0 Å². The molecule has 0 saturated heterocycles. The van der Waals surface area contributed by atoms with Crippen LogP contribution in [-0.2, 0) is 4.79 Å². The first-order valence-corrected chi connectivity index (χ1v) is 10.7. The number of hydrogen-bond acceptors (Lipinski definition) is 3. The van der Waals surface area contributed by atoms with Crippen molar-refractivity contribution >= 4 is 39.0 Å². The fourth-order valence-electron chi connectivity index (χ4n) is 6.51.